The van der Waals surface area contributed by atoms with Gasteiger partial charge in [-0.1, -0.05) is 23.7 Å². The monoisotopic (exact) mass is 386 g/mol. The van der Waals surface area contributed by atoms with Crippen molar-refractivity contribution in [2.45, 2.75) is 20.4 Å². The Morgan fingerprint density at radius 3 is 2.67 bits per heavy atom. The topological polar surface area (TPSA) is 108 Å². The van der Waals surface area contributed by atoms with E-state index in [1.807, 2.05) is 19.9 Å². The second-order valence-electron chi connectivity index (χ2n) is 6.19. The predicted molar refractivity (Wildman–Crippen MR) is 102 cm³/mol. The molecule has 3 aromatic rings. The molecule has 0 radical (unpaired) electrons. The molecule has 1 aromatic carbocycles. The molecule has 0 unspecified atom stereocenters. The minimum Gasteiger partial charge on any atom is -0.364 e. The maximum absolute atomic E-state index is 12.6. The van der Waals surface area contributed by atoms with Crippen LogP contribution in [0.5, 0.6) is 0 Å². The van der Waals surface area contributed by atoms with Crippen LogP contribution < -0.4 is 11.1 Å². The van der Waals surface area contributed by atoms with Crippen LogP contribution in [0.4, 0.5) is 5.69 Å². The van der Waals surface area contributed by atoms with Crippen LogP contribution in [0.1, 0.15) is 37.8 Å². The lowest BCUT2D eigenvalue weighted by Gasteiger charge is -2.08. The first-order valence-corrected chi connectivity index (χ1v) is 8.57. The van der Waals surface area contributed by atoms with Crippen LogP contribution in [0.15, 0.2) is 30.5 Å². The van der Waals surface area contributed by atoms with Crippen LogP contribution in [0.2, 0.25) is 5.02 Å². The third kappa shape index (κ3) is 3.70. The molecule has 0 aliphatic heterocycles. The molecule has 2 aromatic heterocycles. The van der Waals surface area contributed by atoms with Crippen molar-refractivity contribution in [3.8, 4) is 0 Å². The summed E-state index contributed by atoms with van der Waals surface area (Å²) < 4.78 is 3.11. The van der Waals surface area contributed by atoms with E-state index >= 15 is 0 Å². The number of primary amides is 1. The summed E-state index contributed by atoms with van der Waals surface area (Å²) in [6.45, 7) is 4.23. The lowest BCUT2D eigenvalue weighted by atomic mass is 10.1. The predicted octanol–water partition coefficient (Wildman–Crippen LogP) is 2.29. The molecule has 0 saturated heterocycles. The van der Waals surface area contributed by atoms with Crippen molar-refractivity contribution in [1.29, 1.82) is 0 Å². The van der Waals surface area contributed by atoms with Gasteiger partial charge in [0.2, 0.25) is 0 Å². The molecule has 0 bridgehead atoms. The Labute approximate surface area is 160 Å². The number of halogens is 1. The third-order valence-electron chi connectivity index (χ3n) is 4.24. The van der Waals surface area contributed by atoms with Crippen LogP contribution in [0, 0.1) is 13.8 Å². The number of aromatic nitrogens is 4. The summed E-state index contributed by atoms with van der Waals surface area (Å²) in [5.41, 5.74) is 8.71. The molecule has 0 atom stereocenters. The van der Waals surface area contributed by atoms with Gasteiger partial charge in [-0.3, -0.25) is 19.0 Å². The number of benzene rings is 1. The molecule has 140 valence electrons. The van der Waals surface area contributed by atoms with Crippen molar-refractivity contribution >= 4 is 29.1 Å². The Hall–Kier alpha value is -3.13. The molecule has 0 aliphatic rings. The van der Waals surface area contributed by atoms with Gasteiger partial charge in [-0.15, -0.1) is 0 Å². The van der Waals surface area contributed by atoms with Gasteiger partial charge < -0.3 is 11.1 Å². The molecule has 9 heteroatoms. The minimum absolute atomic E-state index is 0.136. The van der Waals surface area contributed by atoms with Crippen molar-refractivity contribution in [2.75, 3.05) is 5.32 Å². The molecule has 2 heterocycles. The second-order valence-corrected chi connectivity index (χ2v) is 6.57. The smallest absolute Gasteiger partial charge is 0.269 e. The molecule has 27 heavy (non-hydrogen) atoms. The summed E-state index contributed by atoms with van der Waals surface area (Å²) in [5.74, 6) is -1.03. The van der Waals surface area contributed by atoms with Crippen molar-refractivity contribution in [3.05, 3.63) is 63.7 Å². The van der Waals surface area contributed by atoms with E-state index in [1.54, 1.807) is 29.9 Å². The zero-order valence-corrected chi connectivity index (χ0v) is 15.9. The molecule has 2 amide bonds. The Bertz CT molecular complexity index is 1040. The van der Waals surface area contributed by atoms with Crippen LogP contribution in [0.25, 0.3) is 0 Å². The number of rotatable bonds is 5. The first-order chi connectivity index (χ1) is 12.8. The maximum atomic E-state index is 12.6. The van der Waals surface area contributed by atoms with Gasteiger partial charge in [0.05, 0.1) is 34.8 Å². The van der Waals surface area contributed by atoms with Crippen molar-refractivity contribution < 1.29 is 9.59 Å². The number of nitrogens with two attached hydrogens (primary N) is 1. The van der Waals surface area contributed by atoms with Crippen LogP contribution in [-0.2, 0) is 13.6 Å². The van der Waals surface area contributed by atoms with E-state index in [0.717, 1.165) is 17.0 Å². The van der Waals surface area contributed by atoms with E-state index in [2.05, 4.69) is 15.5 Å². The SMILES string of the molecule is Cc1nn(Cc2cccc(C(=O)Nc3cnn(C)c3C(N)=O)c2)c(C)c1Cl. The molecule has 0 fully saturated rings. The highest BCUT2D eigenvalue weighted by Gasteiger charge is 2.17. The largest absolute Gasteiger partial charge is 0.364 e. The Balaban J connectivity index is 1.82. The minimum atomic E-state index is -0.666. The van der Waals surface area contributed by atoms with E-state index in [9.17, 15) is 9.59 Å². The average Bonchev–Trinajstić information content (AvgIpc) is 3.10. The molecule has 3 rings (SSSR count). The number of carbonyl (C=O) groups excluding carboxylic acids is 2. The summed E-state index contributed by atoms with van der Waals surface area (Å²) >= 11 is 6.19. The van der Waals surface area contributed by atoms with Crippen molar-refractivity contribution in [2.24, 2.45) is 12.8 Å². The Morgan fingerprint density at radius 2 is 2.04 bits per heavy atom. The summed E-state index contributed by atoms with van der Waals surface area (Å²) in [5, 5.41) is 11.7. The lowest BCUT2D eigenvalue weighted by molar-refractivity contribution is 0.0992. The van der Waals surface area contributed by atoms with E-state index in [-0.39, 0.29) is 17.3 Å². The maximum Gasteiger partial charge on any atom is 0.269 e. The molecule has 8 nitrogen and oxygen atoms in total. The zero-order chi connectivity index (χ0) is 19.7. The average molecular weight is 387 g/mol. The number of carbonyl (C=O) groups is 2. The standard InChI is InChI=1S/C18H19ClN6O2/c1-10-15(19)11(2)25(23-10)9-12-5-4-6-13(7-12)18(27)22-14-8-21-24(3)16(14)17(20)26/h4-8H,9H2,1-3H3,(H2,20,26)(H,22,27). The zero-order valence-electron chi connectivity index (χ0n) is 15.2. The number of anilines is 1. The number of nitrogens with one attached hydrogen (secondary N) is 1. The highest BCUT2D eigenvalue weighted by molar-refractivity contribution is 6.31. The molecular weight excluding hydrogens is 368 g/mol. The first-order valence-electron chi connectivity index (χ1n) is 8.19. The highest BCUT2D eigenvalue weighted by Crippen LogP contribution is 2.20. The number of nitrogens with zero attached hydrogens (tertiary/aromatic N) is 4. The molecule has 0 aliphatic carbocycles. The van der Waals surface area contributed by atoms with E-state index in [0.29, 0.717) is 17.1 Å². The van der Waals surface area contributed by atoms with E-state index < -0.39 is 5.91 Å². The number of aryl methyl sites for hydroxylation is 2. The van der Waals surface area contributed by atoms with Crippen LogP contribution in [0.3, 0.4) is 0 Å². The summed E-state index contributed by atoms with van der Waals surface area (Å²) in [4.78, 5) is 24.1. The summed E-state index contributed by atoms with van der Waals surface area (Å²) in [6, 6.07) is 7.14. The fraction of sp³-hybridized carbons (Fsp3) is 0.222. The van der Waals surface area contributed by atoms with Gasteiger partial charge in [0.1, 0.15) is 5.69 Å². The van der Waals surface area contributed by atoms with Gasteiger partial charge in [0.15, 0.2) is 0 Å². The number of hydrogen-bond acceptors (Lipinski definition) is 4. The summed E-state index contributed by atoms with van der Waals surface area (Å²) in [6.07, 6.45) is 1.39. The highest BCUT2D eigenvalue weighted by atomic mass is 35.5. The van der Waals surface area contributed by atoms with Gasteiger partial charge in [-0.05, 0) is 31.5 Å². The second kappa shape index (κ2) is 7.24. The van der Waals surface area contributed by atoms with Gasteiger partial charge in [-0.2, -0.15) is 10.2 Å². The van der Waals surface area contributed by atoms with Gasteiger partial charge in [-0.25, -0.2) is 0 Å². The van der Waals surface area contributed by atoms with Crippen molar-refractivity contribution in [1.82, 2.24) is 19.6 Å². The molecule has 0 spiro atoms. The van der Waals surface area contributed by atoms with Gasteiger partial charge >= 0.3 is 0 Å². The Morgan fingerprint density at radius 1 is 1.30 bits per heavy atom. The van der Waals surface area contributed by atoms with E-state index in [4.69, 9.17) is 17.3 Å². The Kier molecular flexibility index (Phi) is 5.00. The lowest BCUT2D eigenvalue weighted by Crippen LogP contribution is -2.20. The van der Waals surface area contributed by atoms with E-state index in [1.165, 1.54) is 10.9 Å². The van der Waals surface area contributed by atoms with Crippen LogP contribution in [-0.4, -0.2) is 31.4 Å². The summed E-state index contributed by atoms with van der Waals surface area (Å²) in [7, 11) is 1.58. The number of hydrogen-bond donors (Lipinski definition) is 2. The fourth-order valence-electron chi connectivity index (χ4n) is 2.83. The number of amides is 2. The third-order valence-corrected chi connectivity index (χ3v) is 4.78. The quantitative estimate of drug-likeness (QED) is 0.701. The first kappa shape index (κ1) is 18.7. The van der Waals surface area contributed by atoms with Crippen LogP contribution >= 0.6 is 11.6 Å². The molecular formula is C18H19ClN6O2. The van der Waals surface area contributed by atoms with Gasteiger partial charge in [0.25, 0.3) is 11.8 Å². The normalized spacial score (nSPS) is 10.8. The van der Waals surface area contributed by atoms with Gasteiger partial charge in [0, 0.05) is 12.6 Å². The van der Waals surface area contributed by atoms with Crippen molar-refractivity contribution in [3.63, 3.8) is 0 Å². The molecule has 0 saturated carbocycles. The molecule has 3 N–H and O–H groups in total. The fourth-order valence-corrected chi connectivity index (χ4v) is 2.96.